The Morgan fingerprint density at radius 1 is 1.58 bits per heavy atom. The number of anilines is 1. The molecule has 2 rings (SSSR count). The third kappa shape index (κ3) is 3.37. The van der Waals surface area contributed by atoms with Gasteiger partial charge in [0, 0.05) is 11.1 Å². The molecule has 4 N–H and O–H groups in total. The van der Waals surface area contributed by atoms with Crippen LogP contribution in [-0.4, -0.2) is 16.0 Å². The van der Waals surface area contributed by atoms with Crippen LogP contribution in [-0.2, 0) is 6.61 Å². The highest BCUT2D eigenvalue weighted by molar-refractivity contribution is 7.09. The summed E-state index contributed by atoms with van der Waals surface area (Å²) in [5.41, 5.74) is 7.43. The highest BCUT2D eigenvalue weighted by Gasteiger charge is 2.12. The first-order chi connectivity index (χ1) is 9.10. The normalized spacial score (nSPS) is 12.2. The van der Waals surface area contributed by atoms with Gasteiger partial charge in [-0.2, -0.15) is 0 Å². The zero-order valence-corrected chi connectivity index (χ0v) is 11.3. The van der Waals surface area contributed by atoms with Gasteiger partial charge in [0.05, 0.1) is 12.6 Å². The molecule has 1 atom stereocenters. The Labute approximate surface area is 115 Å². The molecule has 0 aliphatic rings. The largest absolute Gasteiger partial charge is 0.392 e. The Morgan fingerprint density at radius 2 is 2.37 bits per heavy atom. The first kappa shape index (κ1) is 13.7. The van der Waals surface area contributed by atoms with E-state index in [9.17, 15) is 4.79 Å². The summed E-state index contributed by atoms with van der Waals surface area (Å²) in [5.74, 6) is -0.279. The summed E-state index contributed by atoms with van der Waals surface area (Å²) >= 11 is 1.37. The van der Waals surface area contributed by atoms with Gasteiger partial charge in [-0.15, -0.1) is 11.3 Å². The van der Waals surface area contributed by atoms with Gasteiger partial charge in [0.15, 0.2) is 0 Å². The quantitative estimate of drug-likeness (QED) is 0.796. The number of nitrogens with one attached hydrogen (secondary N) is 1. The Hall–Kier alpha value is -1.76. The van der Waals surface area contributed by atoms with Crippen LogP contribution in [0.1, 0.15) is 34.0 Å². The molecule has 6 heteroatoms. The molecule has 1 heterocycles. The van der Waals surface area contributed by atoms with Crippen LogP contribution in [0.4, 0.5) is 5.69 Å². The van der Waals surface area contributed by atoms with Crippen LogP contribution in [0, 0.1) is 0 Å². The second-order valence-electron chi connectivity index (χ2n) is 4.17. The minimum atomic E-state index is -0.279. The standard InChI is InChI=1S/C13H15N3O2S/c1-8(14)13-16-11(7-19-13)12(18)15-10-4-2-3-9(5-10)6-17/h2-5,7-8,17H,6,14H2,1H3,(H,15,18). The van der Waals surface area contributed by atoms with E-state index < -0.39 is 0 Å². The van der Waals surface area contributed by atoms with Crippen molar-refractivity contribution in [3.8, 4) is 0 Å². The van der Waals surface area contributed by atoms with Crippen LogP contribution in [0.2, 0.25) is 0 Å². The number of rotatable bonds is 4. The fraction of sp³-hybridized carbons (Fsp3) is 0.231. The molecule has 1 aromatic heterocycles. The number of hydrogen-bond acceptors (Lipinski definition) is 5. The van der Waals surface area contributed by atoms with Crippen molar-refractivity contribution >= 4 is 22.9 Å². The molecule has 1 aromatic carbocycles. The van der Waals surface area contributed by atoms with Crippen molar-refractivity contribution in [3.63, 3.8) is 0 Å². The van der Waals surface area contributed by atoms with E-state index in [2.05, 4.69) is 10.3 Å². The number of aromatic nitrogens is 1. The SMILES string of the molecule is CC(N)c1nc(C(=O)Nc2cccc(CO)c2)cs1. The maximum atomic E-state index is 12.0. The molecule has 0 saturated carbocycles. The molecule has 0 fully saturated rings. The van der Waals surface area contributed by atoms with Crippen molar-refractivity contribution < 1.29 is 9.90 Å². The van der Waals surface area contributed by atoms with Gasteiger partial charge in [-0.25, -0.2) is 4.98 Å². The lowest BCUT2D eigenvalue weighted by atomic mass is 10.2. The fourth-order valence-corrected chi connectivity index (χ4v) is 2.30. The number of aliphatic hydroxyl groups excluding tert-OH is 1. The lowest BCUT2D eigenvalue weighted by Crippen LogP contribution is -2.13. The third-order valence-electron chi connectivity index (χ3n) is 2.51. The summed E-state index contributed by atoms with van der Waals surface area (Å²) in [4.78, 5) is 16.2. The molecule has 0 radical (unpaired) electrons. The highest BCUT2D eigenvalue weighted by Crippen LogP contribution is 2.17. The molecule has 0 aliphatic carbocycles. The second kappa shape index (κ2) is 5.92. The summed E-state index contributed by atoms with van der Waals surface area (Å²) in [7, 11) is 0. The van der Waals surface area contributed by atoms with Crippen molar-refractivity contribution in [3.05, 3.63) is 45.9 Å². The number of carbonyl (C=O) groups excluding carboxylic acids is 1. The first-order valence-electron chi connectivity index (χ1n) is 5.82. The number of aliphatic hydroxyl groups is 1. The van der Waals surface area contributed by atoms with Crippen LogP contribution in [0.5, 0.6) is 0 Å². The summed E-state index contributed by atoms with van der Waals surface area (Å²) < 4.78 is 0. The summed E-state index contributed by atoms with van der Waals surface area (Å²) in [6.07, 6.45) is 0. The highest BCUT2D eigenvalue weighted by atomic mass is 32.1. The predicted molar refractivity (Wildman–Crippen MR) is 75.0 cm³/mol. The number of nitrogens with zero attached hydrogens (tertiary/aromatic N) is 1. The Bertz CT molecular complexity index is 581. The van der Waals surface area contributed by atoms with E-state index >= 15 is 0 Å². The summed E-state index contributed by atoms with van der Waals surface area (Å²) in [6, 6.07) is 6.86. The van der Waals surface area contributed by atoms with E-state index in [-0.39, 0.29) is 18.6 Å². The average molecular weight is 277 g/mol. The van der Waals surface area contributed by atoms with Gasteiger partial charge < -0.3 is 16.2 Å². The lowest BCUT2D eigenvalue weighted by molar-refractivity contribution is 0.102. The van der Waals surface area contributed by atoms with E-state index in [1.165, 1.54) is 11.3 Å². The van der Waals surface area contributed by atoms with Crippen LogP contribution >= 0.6 is 11.3 Å². The minimum Gasteiger partial charge on any atom is -0.392 e. The van der Waals surface area contributed by atoms with E-state index in [1.807, 2.05) is 6.92 Å². The molecule has 5 nitrogen and oxygen atoms in total. The predicted octanol–water partition coefficient (Wildman–Crippen LogP) is 1.91. The van der Waals surface area contributed by atoms with Gasteiger partial charge >= 0.3 is 0 Å². The third-order valence-corrected chi connectivity index (χ3v) is 3.56. The molecule has 19 heavy (non-hydrogen) atoms. The van der Waals surface area contributed by atoms with Gasteiger partial charge in [-0.3, -0.25) is 4.79 Å². The van der Waals surface area contributed by atoms with Crippen LogP contribution in [0.25, 0.3) is 0 Å². The van der Waals surface area contributed by atoms with E-state index in [0.717, 1.165) is 10.6 Å². The van der Waals surface area contributed by atoms with Crippen LogP contribution < -0.4 is 11.1 Å². The Morgan fingerprint density at radius 3 is 3.00 bits per heavy atom. The summed E-state index contributed by atoms with van der Waals surface area (Å²) in [6.45, 7) is 1.76. The van der Waals surface area contributed by atoms with Gasteiger partial charge in [0.25, 0.3) is 5.91 Å². The van der Waals surface area contributed by atoms with Crippen LogP contribution in [0.3, 0.4) is 0 Å². The Kier molecular flexibility index (Phi) is 4.26. The van der Waals surface area contributed by atoms with E-state index in [4.69, 9.17) is 10.8 Å². The van der Waals surface area contributed by atoms with E-state index in [1.54, 1.807) is 29.6 Å². The Balaban J connectivity index is 2.11. The molecule has 2 aromatic rings. The molecular formula is C13H15N3O2S. The monoisotopic (exact) mass is 277 g/mol. The molecule has 0 aliphatic heterocycles. The average Bonchev–Trinajstić information content (AvgIpc) is 2.89. The number of hydrogen-bond donors (Lipinski definition) is 3. The van der Waals surface area contributed by atoms with Gasteiger partial charge in [-0.05, 0) is 24.6 Å². The maximum absolute atomic E-state index is 12.0. The second-order valence-corrected chi connectivity index (χ2v) is 5.06. The van der Waals surface area contributed by atoms with E-state index in [0.29, 0.717) is 11.4 Å². The topological polar surface area (TPSA) is 88.2 Å². The number of nitrogens with two attached hydrogens (primary N) is 1. The van der Waals surface area contributed by atoms with Crippen molar-refractivity contribution in [1.82, 2.24) is 4.98 Å². The molecule has 0 saturated heterocycles. The maximum Gasteiger partial charge on any atom is 0.275 e. The zero-order chi connectivity index (χ0) is 13.8. The smallest absolute Gasteiger partial charge is 0.275 e. The van der Waals surface area contributed by atoms with Crippen molar-refractivity contribution in [1.29, 1.82) is 0 Å². The van der Waals surface area contributed by atoms with Gasteiger partial charge in [0.2, 0.25) is 0 Å². The first-order valence-corrected chi connectivity index (χ1v) is 6.70. The van der Waals surface area contributed by atoms with Crippen molar-refractivity contribution in [2.45, 2.75) is 19.6 Å². The van der Waals surface area contributed by atoms with Crippen LogP contribution in [0.15, 0.2) is 29.6 Å². The molecule has 1 amide bonds. The van der Waals surface area contributed by atoms with Crippen molar-refractivity contribution in [2.24, 2.45) is 5.73 Å². The summed E-state index contributed by atoms with van der Waals surface area (Å²) in [5, 5.41) is 14.2. The minimum absolute atomic E-state index is 0.0603. The van der Waals surface area contributed by atoms with Crippen molar-refractivity contribution in [2.75, 3.05) is 5.32 Å². The zero-order valence-electron chi connectivity index (χ0n) is 10.5. The molecule has 0 spiro atoms. The number of carbonyl (C=O) groups is 1. The molecule has 1 unspecified atom stereocenters. The number of amides is 1. The van der Waals surface area contributed by atoms with Gasteiger partial charge in [0.1, 0.15) is 10.7 Å². The van der Waals surface area contributed by atoms with Gasteiger partial charge in [-0.1, -0.05) is 12.1 Å². The molecule has 100 valence electrons. The number of thiazole rings is 1. The fourth-order valence-electron chi connectivity index (χ4n) is 1.54. The molecular weight excluding hydrogens is 262 g/mol. The lowest BCUT2D eigenvalue weighted by Gasteiger charge is -2.04. The molecule has 0 bridgehead atoms. The number of benzene rings is 1.